The van der Waals surface area contributed by atoms with E-state index in [9.17, 15) is 0 Å². The normalized spacial score (nSPS) is 10.5. The minimum Gasteiger partial charge on any atom is -0.493 e. The number of hydrogen-bond acceptors (Lipinski definition) is 4. The van der Waals surface area contributed by atoms with Crippen molar-refractivity contribution in [1.29, 1.82) is 0 Å². The van der Waals surface area contributed by atoms with E-state index in [1.165, 1.54) is 6.21 Å². The molecule has 0 spiro atoms. The zero-order chi connectivity index (χ0) is 14.3. The molecule has 4 N–H and O–H groups in total. The molecule has 0 aliphatic carbocycles. The quantitative estimate of drug-likeness (QED) is 0.473. The van der Waals surface area contributed by atoms with Crippen LogP contribution in [0, 0.1) is 0 Å². The maximum absolute atomic E-state index is 5.62. The Bertz CT molecular complexity index is 485. The summed E-state index contributed by atoms with van der Waals surface area (Å²) in [5.74, 6) is 1.20. The van der Waals surface area contributed by atoms with Crippen LogP contribution in [0.4, 0.5) is 0 Å². The first-order valence-corrected chi connectivity index (χ1v) is 6.50. The molecule has 6 nitrogen and oxygen atoms in total. The van der Waals surface area contributed by atoms with Gasteiger partial charge in [-0.05, 0) is 40.0 Å². The lowest BCUT2D eigenvalue weighted by molar-refractivity contribution is 0.292. The number of hydrogen-bond donors (Lipinski definition) is 2. The Kier molecular flexibility index (Phi) is 6.14. The van der Waals surface area contributed by atoms with Gasteiger partial charge in [-0.1, -0.05) is 6.92 Å². The van der Waals surface area contributed by atoms with Crippen LogP contribution >= 0.6 is 15.9 Å². The summed E-state index contributed by atoms with van der Waals surface area (Å²) < 4.78 is 11.7. The summed E-state index contributed by atoms with van der Waals surface area (Å²) in [7, 11) is 1.58. The number of methoxy groups -OCH3 is 1. The second-order valence-corrected chi connectivity index (χ2v) is 4.51. The molecule has 0 aliphatic rings. The summed E-state index contributed by atoms with van der Waals surface area (Å²) in [6.07, 6.45) is 2.44. The summed E-state index contributed by atoms with van der Waals surface area (Å²) in [6, 6.07) is 3.64. The van der Waals surface area contributed by atoms with Crippen LogP contribution in [0.5, 0.6) is 11.5 Å². The van der Waals surface area contributed by atoms with Crippen LogP contribution < -0.4 is 20.9 Å². The van der Waals surface area contributed by atoms with Crippen molar-refractivity contribution < 1.29 is 9.47 Å². The first-order valence-electron chi connectivity index (χ1n) is 5.70. The predicted octanol–water partition coefficient (Wildman–Crippen LogP) is 1.85. The van der Waals surface area contributed by atoms with Gasteiger partial charge in [0.05, 0.1) is 24.4 Å². The van der Waals surface area contributed by atoms with Gasteiger partial charge in [0.1, 0.15) is 0 Å². The summed E-state index contributed by atoms with van der Waals surface area (Å²) in [6.45, 7) is 2.66. The molecule has 104 valence electrons. The van der Waals surface area contributed by atoms with Gasteiger partial charge in [-0.3, -0.25) is 0 Å². The molecule has 7 heteroatoms. The Morgan fingerprint density at radius 1 is 1.42 bits per heavy atom. The maximum atomic E-state index is 5.62. The highest BCUT2D eigenvalue weighted by Crippen LogP contribution is 2.36. The van der Waals surface area contributed by atoms with Crippen molar-refractivity contribution in [3.8, 4) is 11.5 Å². The SMILES string of the molecule is CCCOc1c(Br)cc(/C=N\N=C(N)N)cc1OC. The lowest BCUT2D eigenvalue weighted by Gasteiger charge is -2.12. The van der Waals surface area contributed by atoms with Gasteiger partial charge in [0.25, 0.3) is 0 Å². The van der Waals surface area contributed by atoms with E-state index >= 15 is 0 Å². The number of guanidine groups is 1. The number of rotatable bonds is 6. The van der Waals surface area contributed by atoms with Crippen molar-refractivity contribution in [2.45, 2.75) is 13.3 Å². The first-order chi connectivity index (χ1) is 9.08. The number of nitrogens with zero attached hydrogens (tertiary/aromatic N) is 2. The standard InChI is InChI=1S/C12H17BrN4O2/c1-3-4-19-11-9(13)5-8(6-10(11)18-2)7-16-17-12(14)15/h5-7H,3-4H2,1-2H3,(H4,14,15,17)/b16-7-. The molecule has 1 aromatic carbocycles. The second-order valence-electron chi connectivity index (χ2n) is 3.65. The Morgan fingerprint density at radius 2 is 2.16 bits per heavy atom. The third kappa shape index (κ3) is 4.78. The highest BCUT2D eigenvalue weighted by molar-refractivity contribution is 9.10. The van der Waals surface area contributed by atoms with E-state index in [-0.39, 0.29) is 5.96 Å². The molecule has 0 aliphatic heterocycles. The molecular weight excluding hydrogens is 312 g/mol. The molecule has 0 amide bonds. The summed E-state index contributed by atoms with van der Waals surface area (Å²) >= 11 is 3.44. The van der Waals surface area contributed by atoms with Crippen molar-refractivity contribution in [2.24, 2.45) is 21.7 Å². The van der Waals surface area contributed by atoms with E-state index in [1.54, 1.807) is 13.2 Å². The molecule has 0 unspecified atom stereocenters. The Hall–Kier alpha value is -1.76. The van der Waals surface area contributed by atoms with Crippen molar-refractivity contribution in [2.75, 3.05) is 13.7 Å². The fourth-order valence-electron chi connectivity index (χ4n) is 1.32. The molecular formula is C12H17BrN4O2. The summed E-state index contributed by atoms with van der Waals surface area (Å²) in [5, 5.41) is 7.28. The lowest BCUT2D eigenvalue weighted by Crippen LogP contribution is -2.21. The van der Waals surface area contributed by atoms with Gasteiger partial charge >= 0.3 is 0 Å². The van der Waals surface area contributed by atoms with Crippen LogP contribution in [0.3, 0.4) is 0 Å². The smallest absolute Gasteiger partial charge is 0.211 e. The van der Waals surface area contributed by atoms with Gasteiger partial charge < -0.3 is 20.9 Å². The molecule has 0 saturated heterocycles. The van der Waals surface area contributed by atoms with Gasteiger partial charge in [0.2, 0.25) is 5.96 Å². The monoisotopic (exact) mass is 328 g/mol. The largest absolute Gasteiger partial charge is 0.493 e. The number of halogens is 1. The van der Waals surface area contributed by atoms with Crippen LogP contribution in [0.15, 0.2) is 26.8 Å². The zero-order valence-electron chi connectivity index (χ0n) is 10.9. The van der Waals surface area contributed by atoms with Crippen LogP contribution in [-0.2, 0) is 0 Å². The van der Waals surface area contributed by atoms with E-state index in [1.807, 2.05) is 13.0 Å². The second kappa shape index (κ2) is 7.63. The Balaban J connectivity index is 3.01. The Morgan fingerprint density at radius 3 is 2.74 bits per heavy atom. The predicted molar refractivity (Wildman–Crippen MR) is 79.9 cm³/mol. The van der Waals surface area contributed by atoms with Crippen molar-refractivity contribution >= 4 is 28.1 Å². The summed E-state index contributed by atoms with van der Waals surface area (Å²) in [4.78, 5) is 0. The van der Waals surface area contributed by atoms with Gasteiger partial charge in [0.15, 0.2) is 11.5 Å². The molecule has 0 atom stereocenters. The lowest BCUT2D eigenvalue weighted by atomic mass is 10.2. The summed E-state index contributed by atoms with van der Waals surface area (Å²) in [5.41, 5.74) is 11.2. The van der Waals surface area contributed by atoms with Gasteiger partial charge in [-0.15, -0.1) is 5.10 Å². The van der Waals surface area contributed by atoms with Crippen molar-refractivity contribution in [3.05, 3.63) is 22.2 Å². The van der Waals surface area contributed by atoms with E-state index in [4.69, 9.17) is 20.9 Å². The molecule has 0 heterocycles. The molecule has 0 aromatic heterocycles. The van der Waals surface area contributed by atoms with Crippen molar-refractivity contribution in [1.82, 2.24) is 0 Å². The fraction of sp³-hybridized carbons (Fsp3) is 0.333. The average molecular weight is 329 g/mol. The van der Waals surface area contributed by atoms with Crippen LogP contribution in [0.1, 0.15) is 18.9 Å². The molecule has 19 heavy (non-hydrogen) atoms. The highest BCUT2D eigenvalue weighted by atomic mass is 79.9. The zero-order valence-corrected chi connectivity index (χ0v) is 12.5. The van der Waals surface area contributed by atoms with Gasteiger partial charge in [-0.2, -0.15) is 5.10 Å². The van der Waals surface area contributed by atoms with Gasteiger partial charge in [-0.25, -0.2) is 0 Å². The molecule has 0 saturated carbocycles. The average Bonchev–Trinajstić information content (AvgIpc) is 2.36. The van der Waals surface area contributed by atoms with Crippen molar-refractivity contribution in [3.63, 3.8) is 0 Å². The van der Waals surface area contributed by atoms with Crippen LogP contribution in [0.2, 0.25) is 0 Å². The first kappa shape index (κ1) is 15.3. The highest BCUT2D eigenvalue weighted by Gasteiger charge is 2.10. The molecule has 0 bridgehead atoms. The van der Waals surface area contributed by atoms with E-state index in [2.05, 4.69) is 26.1 Å². The fourth-order valence-corrected chi connectivity index (χ4v) is 1.89. The number of ether oxygens (including phenoxy) is 2. The number of benzene rings is 1. The molecule has 1 aromatic rings. The third-order valence-corrected chi connectivity index (χ3v) is 2.67. The number of nitrogens with two attached hydrogens (primary N) is 2. The Labute approximate surface area is 120 Å². The van der Waals surface area contributed by atoms with Crippen LogP contribution in [-0.4, -0.2) is 25.9 Å². The minimum atomic E-state index is -0.0924. The molecule has 1 rings (SSSR count). The van der Waals surface area contributed by atoms with Gasteiger partial charge in [0, 0.05) is 0 Å². The van der Waals surface area contributed by atoms with E-state index in [0.717, 1.165) is 16.5 Å². The maximum Gasteiger partial charge on any atom is 0.211 e. The molecule has 0 fully saturated rings. The van der Waals surface area contributed by atoms with Crippen LogP contribution in [0.25, 0.3) is 0 Å². The topological polar surface area (TPSA) is 95.2 Å². The van der Waals surface area contributed by atoms with E-state index in [0.29, 0.717) is 18.1 Å². The minimum absolute atomic E-state index is 0.0924. The third-order valence-electron chi connectivity index (χ3n) is 2.08. The van der Waals surface area contributed by atoms with E-state index < -0.39 is 0 Å². The molecule has 0 radical (unpaired) electrons.